The van der Waals surface area contributed by atoms with Crippen molar-refractivity contribution < 1.29 is 52.3 Å². The summed E-state index contributed by atoms with van der Waals surface area (Å²) in [4.78, 5) is 53.3. The van der Waals surface area contributed by atoms with Gasteiger partial charge in [-0.25, -0.2) is 4.90 Å². The Morgan fingerprint density at radius 2 is 1.62 bits per heavy atom. The van der Waals surface area contributed by atoms with Crippen LogP contribution in [-0.4, -0.2) is 64.9 Å². The number of halogens is 1. The number of rotatable bonds is 7. The number of cyclic esters (lactones) is 1. The average molecular weight is 680 g/mol. The smallest absolute Gasteiger partial charge is 0.310 e. The average Bonchev–Trinajstić information content (AvgIpc) is 3.73. The maximum absolute atomic E-state index is 13.5. The molecule has 0 spiro atoms. The van der Waals surface area contributed by atoms with Gasteiger partial charge in [-0.2, -0.15) is 0 Å². The van der Waals surface area contributed by atoms with E-state index in [0.717, 1.165) is 4.90 Å². The highest BCUT2D eigenvalue weighted by Crippen LogP contribution is 2.56. The van der Waals surface area contributed by atoms with Crippen LogP contribution in [0.15, 0.2) is 46.9 Å². The maximum atomic E-state index is 13.5. The Bertz CT molecular complexity index is 1760. The van der Waals surface area contributed by atoms with Crippen molar-refractivity contribution in [3.63, 3.8) is 0 Å². The molecule has 1 aliphatic carbocycles. The second-order valence-electron chi connectivity index (χ2n) is 10.8. The van der Waals surface area contributed by atoms with Gasteiger partial charge in [-0.15, -0.1) is 0 Å². The number of amides is 2. The van der Waals surface area contributed by atoms with Gasteiger partial charge in [0.2, 0.25) is 12.5 Å². The summed E-state index contributed by atoms with van der Waals surface area (Å²) in [5, 5.41) is 0. The van der Waals surface area contributed by atoms with Crippen molar-refractivity contribution in [1.82, 2.24) is 0 Å². The van der Waals surface area contributed by atoms with Crippen LogP contribution >= 0.6 is 15.9 Å². The largest absolute Gasteiger partial charge is 0.493 e. The molecular formula is C32H26BrNO11. The lowest BCUT2D eigenvalue weighted by Crippen LogP contribution is -2.40. The molecule has 45 heavy (non-hydrogen) atoms. The molecule has 4 atom stereocenters. The summed E-state index contributed by atoms with van der Waals surface area (Å²) in [6.45, 7) is -0.490. The van der Waals surface area contributed by atoms with Gasteiger partial charge in [0.25, 0.3) is 11.7 Å². The number of carbonyl (C=O) groups excluding carboxylic acids is 4. The minimum absolute atomic E-state index is 0.0199. The molecule has 0 N–H and O–H groups in total. The van der Waals surface area contributed by atoms with Crippen LogP contribution in [-0.2, 0) is 23.9 Å². The molecule has 1 fully saturated rings. The van der Waals surface area contributed by atoms with E-state index in [9.17, 15) is 19.2 Å². The minimum atomic E-state index is -0.961. The minimum Gasteiger partial charge on any atom is -0.493 e. The van der Waals surface area contributed by atoms with Gasteiger partial charge in [0.05, 0.1) is 51.2 Å². The topological polar surface area (TPSA) is 136 Å². The lowest BCUT2D eigenvalue weighted by molar-refractivity contribution is -0.141. The van der Waals surface area contributed by atoms with Crippen LogP contribution in [0.25, 0.3) is 0 Å². The monoisotopic (exact) mass is 679 g/mol. The van der Waals surface area contributed by atoms with E-state index >= 15 is 0 Å². The summed E-state index contributed by atoms with van der Waals surface area (Å²) in [5.41, 5.74) is 2.37. The quantitative estimate of drug-likeness (QED) is 0.265. The number of nitrogens with zero attached hydrogens (tertiary/aromatic N) is 1. The Morgan fingerprint density at radius 3 is 2.29 bits per heavy atom. The number of methoxy groups -OCH3 is 3. The molecule has 13 heteroatoms. The van der Waals surface area contributed by atoms with Gasteiger partial charge in [0.1, 0.15) is 6.61 Å². The highest BCUT2D eigenvalue weighted by Gasteiger charge is 2.53. The maximum Gasteiger partial charge on any atom is 0.310 e. The fourth-order valence-electron chi connectivity index (χ4n) is 6.72. The Kier molecular flexibility index (Phi) is 7.16. The number of ketones is 1. The zero-order chi connectivity index (χ0) is 31.6. The Hall–Kier alpha value is -4.62. The first-order valence-corrected chi connectivity index (χ1v) is 14.8. The van der Waals surface area contributed by atoms with Crippen molar-refractivity contribution in [3.05, 3.63) is 69.2 Å². The molecule has 7 rings (SSSR count). The molecule has 3 aromatic rings. The van der Waals surface area contributed by atoms with Gasteiger partial charge in [-0.1, -0.05) is 6.07 Å². The van der Waals surface area contributed by atoms with E-state index in [2.05, 4.69) is 15.9 Å². The lowest BCUT2D eigenvalue weighted by Gasteiger charge is -2.39. The number of imide groups is 1. The predicted molar refractivity (Wildman–Crippen MR) is 158 cm³/mol. The third-order valence-electron chi connectivity index (χ3n) is 8.66. The van der Waals surface area contributed by atoms with Crippen LogP contribution < -0.4 is 28.6 Å². The molecule has 0 unspecified atom stereocenters. The fourth-order valence-corrected chi connectivity index (χ4v) is 7.26. The van der Waals surface area contributed by atoms with E-state index in [4.69, 9.17) is 33.2 Å². The van der Waals surface area contributed by atoms with E-state index < -0.39 is 54.0 Å². The Labute approximate surface area is 265 Å². The zero-order valence-corrected chi connectivity index (χ0v) is 25.9. The second kappa shape index (κ2) is 11.1. The van der Waals surface area contributed by atoms with Gasteiger partial charge in [0.15, 0.2) is 23.0 Å². The first-order chi connectivity index (χ1) is 21.8. The number of hydrogen-bond acceptors (Lipinski definition) is 11. The predicted octanol–water partition coefficient (Wildman–Crippen LogP) is 3.95. The summed E-state index contributed by atoms with van der Waals surface area (Å²) >= 11 is 3.29. The number of fused-ring (bicyclic) bond motifs is 4. The summed E-state index contributed by atoms with van der Waals surface area (Å²) in [6, 6.07) is 12.0. The van der Waals surface area contributed by atoms with Crippen molar-refractivity contribution in [1.29, 1.82) is 0 Å². The van der Waals surface area contributed by atoms with E-state index in [1.165, 1.54) is 27.4 Å². The van der Waals surface area contributed by atoms with Crippen molar-refractivity contribution in [2.75, 3.05) is 46.2 Å². The van der Waals surface area contributed by atoms with Crippen LogP contribution in [0.5, 0.6) is 28.7 Å². The zero-order valence-electron chi connectivity index (χ0n) is 24.3. The SMILES string of the molecule is COc1cc([C@@H]2c3cc4c(cc3[C@H](OCC(=O)N3C(=O)C(=O)c5c(Br)cccc53)[C@H]3COC(=O)[C@H]23)OCO4)cc(OC)c1OC. The molecule has 0 radical (unpaired) electrons. The van der Waals surface area contributed by atoms with E-state index in [-0.39, 0.29) is 24.7 Å². The molecule has 3 aliphatic heterocycles. The molecule has 0 saturated carbocycles. The molecule has 3 aromatic carbocycles. The second-order valence-corrected chi connectivity index (χ2v) is 11.7. The van der Waals surface area contributed by atoms with Crippen LogP contribution in [0, 0.1) is 11.8 Å². The van der Waals surface area contributed by atoms with Crippen LogP contribution in [0.3, 0.4) is 0 Å². The number of Topliss-reactive ketones (excluding diaryl/α,β-unsaturated/α-hetero) is 1. The molecule has 4 aliphatic rings. The standard InChI is InChI=1S/C32H26BrNO11/c1-39-22-7-14(8-23(40-2)30(22)41-3)25-15-9-20-21(45-13-44-20)10-16(15)29(17-11-43-32(38)26(17)25)42-12-24(35)34-19-6-4-5-18(33)27(19)28(36)31(34)37/h4-10,17,25-26,29H,11-13H2,1-3H3/t17-,25+,26-,29-/m0/s1. The lowest BCUT2D eigenvalue weighted by atomic mass is 9.66. The molecule has 0 aromatic heterocycles. The first-order valence-electron chi connectivity index (χ1n) is 14.0. The van der Waals surface area contributed by atoms with Crippen molar-refractivity contribution in [3.8, 4) is 28.7 Å². The summed E-state index contributed by atoms with van der Waals surface area (Å²) < 4.78 is 40.4. The van der Waals surface area contributed by atoms with Crippen molar-refractivity contribution in [2.24, 2.45) is 11.8 Å². The molecule has 12 nitrogen and oxygen atoms in total. The molecule has 0 bridgehead atoms. The third kappa shape index (κ3) is 4.44. The number of carbonyl (C=O) groups is 4. The normalized spacial score (nSPS) is 22.5. The number of esters is 1. The molecule has 2 amide bonds. The summed E-state index contributed by atoms with van der Waals surface area (Å²) in [7, 11) is 4.53. The molecule has 3 heterocycles. The van der Waals surface area contributed by atoms with Crippen LogP contribution in [0.4, 0.5) is 5.69 Å². The van der Waals surface area contributed by atoms with Crippen molar-refractivity contribution in [2.45, 2.75) is 12.0 Å². The Morgan fingerprint density at radius 1 is 0.933 bits per heavy atom. The van der Waals surface area contributed by atoms with Gasteiger partial charge in [0, 0.05) is 16.3 Å². The van der Waals surface area contributed by atoms with E-state index in [0.29, 0.717) is 49.9 Å². The van der Waals surface area contributed by atoms with Crippen LogP contribution in [0.1, 0.15) is 39.1 Å². The highest BCUT2D eigenvalue weighted by atomic mass is 79.9. The fraction of sp³-hybridized carbons (Fsp3) is 0.312. The molecule has 1 saturated heterocycles. The van der Waals surface area contributed by atoms with Crippen LogP contribution in [0.2, 0.25) is 0 Å². The number of hydrogen-bond donors (Lipinski definition) is 0. The van der Waals surface area contributed by atoms with E-state index in [1.807, 2.05) is 6.07 Å². The first kappa shape index (κ1) is 29.1. The Balaban J connectivity index is 1.29. The summed E-state index contributed by atoms with van der Waals surface area (Å²) in [6.07, 6.45) is -0.802. The van der Waals surface area contributed by atoms with E-state index in [1.54, 1.807) is 30.3 Å². The number of anilines is 1. The van der Waals surface area contributed by atoms with Crippen molar-refractivity contribution >= 4 is 45.2 Å². The number of benzene rings is 3. The van der Waals surface area contributed by atoms with Gasteiger partial charge in [-0.3, -0.25) is 19.2 Å². The highest BCUT2D eigenvalue weighted by molar-refractivity contribution is 9.10. The molecule has 232 valence electrons. The van der Waals surface area contributed by atoms with Gasteiger partial charge >= 0.3 is 11.9 Å². The van der Waals surface area contributed by atoms with Gasteiger partial charge < -0.3 is 33.2 Å². The van der Waals surface area contributed by atoms with Gasteiger partial charge in [-0.05, 0) is 69.0 Å². The number of ether oxygens (including phenoxy) is 7. The third-order valence-corrected chi connectivity index (χ3v) is 9.32. The summed E-state index contributed by atoms with van der Waals surface area (Å²) in [5.74, 6) is -2.46. The molecular weight excluding hydrogens is 654 g/mol.